The highest BCUT2D eigenvalue weighted by Crippen LogP contribution is 2.24. The average Bonchev–Trinajstić information content (AvgIpc) is 2.14. The highest BCUT2D eigenvalue weighted by atomic mass is 16.2. The van der Waals surface area contributed by atoms with Gasteiger partial charge in [0.15, 0.2) is 0 Å². The van der Waals surface area contributed by atoms with Gasteiger partial charge in [-0.15, -0.1) is 0 Å². The summed E-state index contributed by atoms with van der Waals surface area (Å²) in [6.45, 7) is 13.7. The minimum absolute atomic E-state index is 0.0779. The molecular weight excluding hydrogens is 214 g/mol. The second-order valence-electron chi connectivity index (χ2n) is 6.62. The van der Waals surface area contributed by atoms with Crippen LogP contribution in [-0.2, 0) is 9.59 Å². The Bertz CT molecular complexity index is 256. The van der Waals surface area contributed by atoms with Crippen LogP contribution in [0.4, 0.5) is 0 Å². The molecule has 0 aromatic carbocycles. The van der Waals surface area contributed by atoms with Crippen molar-refractivity contribution in [2.24, 2.45) is 10.8 Å². The van der Waals surface area contributed by atoms with Crippen LogP contribution in [0.2, 0.25) is 0 Å². The van der Waals surface area contributed by atoms with E-state index in [2.05, 4.69) is 6.92 Å². The van der Waals surface area contributed by atoms with Gasteiger partial charge in [-0.1, -0.05) is 54.9 Å². The molecule has 0 spiro atoms. The summed E-state index contributed by atoms with van der Waals surface area (Å²) in [7, 11) is 0. The Balaban J connectivity index is 5.02. The fourth-order valence-corrected chi connectivity index (χ4v) is 1.42. The van der Waals surface area contributed by atoms with E-state index in [4.69, 9.17) is 0 Å². The molecule has 0 bridgehead atoms. The third-order valence-electron chi connectivity index (χ3n) is 2.51. The summed E-state index contributed by atoms with van der Waals surface area (Å²) in [4.78, 5) is 26.0. The Morgan fingerprint density at radius 1 is 0.882 bits per heavy atom. The summed E-state index contributed by atoms with van der Waals surface area (Å²) < 4.78 is 0. The summed E-state index contributed by atoms with van der Waals surface area (Å²) in [5.74, 6) is -0.156. The van der Waals surface area contributed by atoms with Crippen molar-refractivity contribution < 1.29 is 9.59 Å². The number of imide groups is 1. The predicted octanol–water partition coefficient (Wildman–Crippen LogP) is 3.23. The van der Waals surface area contributed by atoms with Gasteiger partial charge >= 0.3 is 0 Å². The third kappa shape index (κ3) is 4.88. The lowest BCUT2D eigenvalue weighted by atomic mass is 9.90. The summed E-state index contributed by atoms with van der Waals surface area (Å²) in [5.41, 5.74) is -1.01. The van der Waals surface area contributed by atoms with Gasteiger partial charge in [0.1, 0.15) is 0 Å². The van der Waals surface area contributed by atoms with Crippen molar-refractivity contribution in [3.63, 3.8) is 0 Å². The van der Waals surface area contributed by atoms with Crippen molar-refractivity contribution in [3.05, 3.63) is 0 Å². The largest absolute Gasteiger partial charge is 0.282 e. The van der Waals surface area contributed by atoms with E-state index >= 15 is 0 Å². The molecule has 0 aliphatic heterocycles. The van der Waals surface area contributed by atoms with Gasteiger partial charge < -0.3 is 0 Å². The molecule has 0 radical (unpaired) electrons. The molecule has 0 atom stereocenters. The summed E-state index contributed by atoms with van der Waals surface area (Å²) in [6, 6.07) is 0. The van der Waals surface area contributed by atoms with Crippen molar-refractivity contribution in [1.29, 1.82) is 0 Å². The average molecular weight is 241 g/mol. The monoisotopic (exact) mass is 241 g/mol. The molecule has 17 heavy (non-hydrogen) atoms. The van der Waals surface area contributed by atoms with E-state index in [1.807, 2.05) is 41.5 Å². The standard InChI is InChI=1S/C14H27NO2/c1-8-9-10-15(11(16)13(2,3)4)12(17)14(5,6)7/h8-10H2,1-7H3. The van der Waals surface area contributed by atoms with E-state index in [1.165, 1.54) is 4.90 Å². The molecule has 0 rings (SSSR count). The van der Waals surface area contributed by atoms with Crippen molar-refractivity contribution >= 4 is 11.8 Å². The van der Waals surface area contributed by atoms with Crippen LogP contribution in [0.15, 0.2) is 0 Å². The fourth-order valence-electron chi connectivity index (χ4n) is 1.42. The predicted molar refractivity (Wildman–Crippen MR) is 70.5 cm³/mol. The van der Waals surface area contributed by atoms with Gasteiger partial charge in [0, 0.05) is 17.4 Å². The van der Waals surface area contributed by atoms with Crippen molar-refractivity contribution in [2.45, 2.75) is 61.3 Å². The highest BCUT2D eigenvalue weighted by Gasteiger charge is 2.35. The first-order chi connectivity index (χ1) is 7.51. The van der Waals surface area contributed by atoms with Crippen molar-refractivity contribution in [2.75, 3.05) is 6.54 Å². The molecule has 3 heteroatoms. The molecule has 0 heterocycles. The van der Waals surface area contributed by atoms with E-state index in [-0.39, 0.29) is 11.8 Å². The Morgan fingerprint density at radius 2 is 1.24 bits per heavy atom. The second-order valence-corrected chi connectivity index (χ2v) is 6.62. The normalized spacial score (nSPS) is 12.4. The second kappa shape index (κ2) is 5.65. The van der Waals surface area contributed by atoms with Crippen molar-refractivity contribution in [3.8, 4) is 0 Å². The molecule has 0 fully saturated rings. The zero-order chi connectivity index (χ0) is 13.9. The van der Waals surface area contributed by atoms with Gasteiger partial charge in [0.25, 0.3) is 0 Å². The number of nitrogens with zero attached hydrogens (tertiary/aromatic N) is 1. The lowest BCUT2D eigenvalue weighted by molar-refractivity contribution is -0.154. The van der Waals surface area contributed by atoms with Crippen LogP contribution in [0.3, 0.4) is 0 Å². The van der Waals surface area contributed by atoms with E-state index in [0.717, 1.165) is 12.8 Å². The summed E-state index contributed by atoms with van der Waals surface area (Å²) in [5, 5.41) is 0. The molecule has 3 nitrogen and oxygen atoms in total. The first-order valence-electron chi connectivity index (χ1n) is 6.38. The highest BCUT2D eigenvalue weighted by molar-refractivity contribution is 5.99. The number of carbonyl (C=O) groups excluding carboxylic acids is 2. The van der Waals surface area contributed by atoms with E-state index < -0.39 is 10.8 Å². The summed E-state index contributed by atoms with van der Waals surface area (Å²) >= 11 is 0. The van der Waals surface area contributed by atoms with Crippen molar-refractivity contribution in [1.82, 2.24) is 4.90 Å². The van der Waals surface area contributed by atoms with E-state index in [0.29, 0.717) is 6.54 Å². The molecule has 0 aromatic rings. The Kier molecular flexibility index (Phi) is 5.37. The van der Waals surface area contributed by atoms with Crippen LogP contribution in [0.1, 0.15) is 61.3 Å². The van der Waals surface area contributed by atoms with Gasteiger partial charge in [-0.3, -0.25) is 14.5 Å². The molecule has 100 valence electrons. The Hall–Kier alpha value is -0.860. The van der Waals surface area contributed by atoms with Gasteiger partial charge in [0.05, 0.1) is 0 Å². The lowest BCUT2D eigenvalue weighted by Gasteiger charge is -2.32. The topological polar surface area (TPSA) is 37.4 Å². The maximum Gasteiger partial charge on any atom is 0.234 e. The third-order valence-corrected chi connectivity index (χ3v) is 2.51. The zero-order valence-electron chi connectivity index (χ0n) is 12.4. The minimum Gasteiger partial charge on any atom is -0.282 e. The van der Waals surface area contributed by atoms with Crippen LogP contribution < -0.4 is 0 Å². The molecule has 0 aromatic heterocycles. The van der Waals surface area contributed by atoms with Crippen LogP contribution in [-0.4, -0.2) is 23.3 Å². The number of carbonyl (C=O) groups is 2. The van der Waals surface area contributed by atoms with E-state index in [9.17, 15) is 9.59 Å². The molecular formula is C14H27NO2. The van der Waals surface area contributed by atoms with E-state index in [1.54, 1.807) is 0 Å². The molecule has 0 unspecified atom stereocenters. The number of hydrogen-bond acceptors (Lipinski definition) is 2. The van der Waals surface area contributed by atoms with Gasteiger partial charge in [-0.05, 0) is 6.42 Å². The van der Waals surface area contributed by atoms with Crippen LogP contribution in [0, 0.1) is 10.8 Å². The SMILES string of the molecule is CCCCN(C(=O)C(C)(C)C)C(=O)C(C)(C)C. The molecule has 0 saturated heterocycles. The zero-order valence-corrected chi connectivity index (χ0v) is 12.4. The fraction of sp³-hybridized carbons (Fsp3) is 0.857. The van der Waals surface area contributed by atoms with Crippen LogP contribution >= 0.6 is 0 Å². The first kappa shape index (κ1) is 16.1. The Morgan fingerprint density at radius 3 is 1.47 bits per heavy atom. The van der Waals surface area contributed by atoms with Gasteiger partial charge in [0.2, 0.25) is 11.8 Å². The molecule has 2 amide bonds. The quantitative estimate of drug-likeness (QED) is 0.760. The molecule has 0 saturated carbocycles. The van der Waals surface area contributed by atoms with Crippen LogP contribution in [0.5, 0.6) is 0 Å². The smallest absolute Gasteiger partial charge is 0.234 e. The number of amides is 2. The molecule has 0 aliphatic carbocycles. The van der Waals surface area contributed by atoms with Crippen LogP contribution in [0.25, 0.3) is 0 Å². The maximum absolute atomic E-state index is 12.3. The minimum atomic E-state index is -0.505. The molecule has 0 aliphatic rings. The Labute approximate surface area is 106 Å². The molecule has 0 N–H and O–H groups in total. The number of rotatable bonds is 3. The number of unbranched alkanes of at least 4 members (excludes halogenated alkanes) is 1. The first-order valence-corrected chi connectivity index (χ1v) is 6.38. The van der Waals surface area contributed by atoms with Gasteiger partial charge in [-0.25, -0.2) is 0 Å². The number of hydrogen-bond donors (Lipinski definition) is 0. The summed E-state index contributed by atoms with van der Waals surface area (Å²) in [6.07, 6.45) is 1.84. The van der Waals surface area contributed by atoms with Gasteiger partial charge in [-0.2, -0.15) is 0 Å². The maximum atomic E-state index is 12.3. The lowest BCUT2D eigenvalue weighted by Crippen LogP contribution is -2.48.